The van der Waals surface area contributed by atoms with Crippen LogP contribution in [0.4, 0.5) is 0 Å². The topological polar surface area (TPSA) is 27.7 Å². The van der Waals surface area contributed by atoms with Crippen LogP contribution in [0.5, 0.6) is 0 Å². The van der Waals surface area contributed by atoms with Crippen LogP contribution in [-0.2, 0) is 0 Å². The van der Waals surface area contributed by atoms with E-state index in [-0.39, 0.29) is 0 Å². The smallest absolute Gasteiger partial charge is 0.145 e. The van der Waals surface area contributed by atoms with E-state index in [1.165, 1.54) is 67.5 Å². The molecular formula is C68H56N4. The molecule has 12 aromatic rings. The van der Waals surface area contributed by atoms with Gasteiger partial charge in [0.2, 0.25) is 0 Å². The highest BCUT2D eigenvalue weighted by Gasteiger charge is 2.20. The molecule has 0 aliphatic heterocycles. The Kier molecular flexibility index (Phi) is 14.2. The van der Waals surface area contributed by atoms with Crippen molar-refractivity contribution in [1.82, 2.24) is 18.7 Å². The molecule has 4 nitrogen and oxygen atoms in total. The van der Waals surface area contributed by atoms with Crippen molar-refractivity contribution in [3.63, 3.8) is 0 Å². The summed E-state index contributed by atoms with van der Waals surface area (Å²) in [6.45, 7) is 6.50. The summed E-state index contributed by atoms with van der Waals surface area (Å²) in [5.74, 6) is 0.971. The average molecular weight is 929 g/mol. The minimum atomic E-state index is 0.971. The molecule has 4 heteroatoms. The molecule has 0 spiro atoms. The number of rotatable bonds is 9. The second kappa shape index (κ2) is 22.0. The van der Waals surface area contributed by atoms with Gasteiger partial charge in [-0.25, -0.2) is 4.98 Å². The molecule has 0 aliphatic carbocycles. The van der Waals surface area contributed by atoms with Crippen molar-refractivity contribution in [2.45, 2.75) is 20.8 Å². The van der Waals surface area contributed by atoms with Crippen LogP contribution in [0.25, 0.3) is 84.5 Å². The number of para-hydroxylation sites is 3. The first-order valence-corrected chi connectivity index (χ1v) is 24.6. The molecule has 348 valence electrons. The number of benzene rings is 9. The number of hydrogen-bond acceptors (Lipinski definition) is 1. The summed E-state index contributed by atoms with van der Waals surface area (Å²) in [4.78, 5) is 4.99. The van der Waals surface area contributed by atoms with Crippen molar-refractivity contribution in [2.75, 3.05) is 0 Å². The van der Waals surface area contributed by atoms with Crippen LogP contribution in [0, 0.1) is 20.8 Å². The van der Waals surface area contributed by atoms with E-state index in [1.807, 2.05) is 18.2 Å². The summed E-state index contributed by atoms with van der Waals surface area (Å²) in [7, 11) is 0. The lowest BCUT2D eigenvalue weighted by atomic mass is 10.0. The summed E-state index contributed by atoms with van der Waals surface area (Å²) >= 11 is 0. The van der Waals surface area contributed by atoms with Crippen molar-refractivity contribution in [1.29, 1.82) is 0 Å². The van der Waals surface area contributed by atoms with E-state index in [0.29, 0.717) is 0 Å². The lowest BCUT2D eigenvalue weighted by Crippen LogP contribution is -1.99. The third-order valence-electron chi connectivity index (χ3n) is 12.9. The van der Waals surface area contributed by atoms with Gasteiger partial charge >= 0.3 is 0 Å². The highest BCUT2D eigenvalue weighted by Crippen LogP contribution is 2.38. The van der Waals surface area contributed by atoms with Gasteiger partial charge in [-0.1, -0.05) is 237 Å². The molecule has 0 atom stereocenters. The summed E-state index contributed by atoms with van der Waals surface area (Å²) in [5.41, 5.74) is 20.4. The van der Waals surface area contributed by atoms with E-state index < -0.39 is 0 Å². The third kappa shape index (κ3) is 10.1. The normalized spacial score (nSPS) is 10.7. The van der Waals surface area contributed by atoms with Crippen LogP contribution >= 0.6 is 0 Å². The SMILES string of the molecule is Cc1c(-c2ccccc2)cc(-c2ccccc2)n1-c1ccccc1.Cc1c(-c2ccccc2)nc(-c2ccccc2)n1-c1ccccc1.Cc1cc(-c2ccccc2)c(-c2ccccc2)n1-c1ccccc1. The van der Waals surface area contributed by atoms with E-state index >= 15 is 0 Å². The van der Waals surface area contributed by atoms with Crippen LogP contribution < -0.4 is 0 Å². The van der Waals surface area contributed by atoms with E-state index in [0.717, 1.165) is 34.0 Å². The fourth-order valence-electron chi connectivity index (χ4n) is 9.56. The first kappa shape index (κ1) is 46.5. The van der Waals surface area contributed by atoms with E-state index in [1.54, 1.807) is 0 Å². The Hall–Kier alpha value is -9.25. The molecule has 72 heavy (non-hydrogen) atoms. The lowest BCUT2D eigenvalue weighted by molar-refractivity contribution is 1.01. The Labute approximate surface area is 424 Å². The number of aromatic nitrogens is 4. The first-order chi connectivity index (χ1) is 35.5. The number of aryl methyl sites for hydroxylation is 1. The maximum Gasteiger partial charge on any atom is 0.145 e. The van der Waals surface area contributed by atoms with Gasteiger partial charge in [0.15, 0.2) is 0 Å². The van der Waals surface area contributed by atoms with Gasteiger partial charge in [-0.05, 0) is 91.6 Å². The Morgan fingerprint density at radius 1 is 0.278 bits per heavy atom. The van der Waals surface area contributed by atoms with Gasteiger partial charge in [-0.15, -0.1) is 0 Å². The van der Waals surface area contributed by atoms with E-state index in [2.05, 4.69) is 301 Å². The predicted octanol–water partition coefficient (Wildman–Crippen LogP) is 17.8. The molecule has 0 aliphatic rings. The standard InChI is InChI=1S/2C23H19N.C22H18N2/c1-18-22(19-11-5-2-6-12-19)17-23(20-13-7-3-8-14-20)24(18)21-15-9-4-10-16-21;1-18-17-22(19-11-5-2-6-12-19)23(20-13-7-3-8-14-20)24(18)21-15-9-4-10-16-21;1-17-21(18-11-5-2-6-12-18)23-22(19-13-7-3-8-14-19)24(17)20-15-9-4-10-16-20/h2*2-17H,1H3;2-16H,1H3. The highest BCUT2D eigenvalue weighted by molar-refractivity contribution is 5.84. The van der Waals surface area contributed by atoms with E-state index in [4.69, 9.17) is 4.98 Å². The Bertz CT molecular complexity index is 3320. The van der Waals surface area contributed by atoms with Gasteiger partial charge in [0.05, 0.1) is 17.1 Å². The van der Waals surface area contributed by atoms with Crippen molar-refractivity contribution in [2.24, 2.45) is 0 Å². The molecule has 9 aromatic carbocycles. The molecule has 0 amide bonds. The maximum atomic E-state index is 4.99. The molecule has 0 N–H and O–H groups in total. The molecular weight excluding hydrogens is 873 g/mol. The summed E-state index contributed by atoms with van der Waals surface area (Å²) < 4.78 is 6.92. The van der Waals surface area contributed by atoms with Gasteiger partial charge < -0.3 is 9.13 Å². The Balaban J connectivity index is 0.000000124. The Morgan fingerprint density at radius 3 is 1.08 bits per heavy atom. The summed E-state index contributed by atoms with van der Waals surface area (Å²) in [6.07, 6.45) is 0. The second-order valence-electron chi connectivity index (χ2n) is 17.7. The molecule has 0 bridgehead atoms. The zero-order valence-electron chi connectivity index (χ0n) is 40.9. The van der Waals surface area contributed by atoms with Gasteiger partial charge in [0.25, 0.3) is 0 Å². The quantitative estimate of drug-likeness (QED) is 0.142. The fraction of sp³-hybridized carbons (Fsp3) is 0.0441. The average Bonchev–Trinajstić information content (AvgIpc) is 4.13. The third-order valence-corrected chi connectivity index (χ3v) is 12.9. The highest BCUT2D eigenvalue weighted by atomic mass is 15.1. The molecule has 3 aromatic heterocycles. The van der Waals surface area contributed by atoms with E-state index in [9.17, 15) is 0 Å². The van der Waals surface area contributed by atoms with Crippen molar-refractivity contribution in [3.8, 4) is 84.5 Å². The fourth-order valence-corrected chi connectivity index (χ4v) is 9.56. The number of imidazole rings is 1. The second-order valence-corrected chi connectivity index (χ2v) is 17.7. The molecule has 0 saturated heterocycles. The molecule has 12 rings (SSSR count). The van der Waals surface area contributed by atoms with Gasteiger partial charge in [-0.2, -0.15) is 0 Å². The summed E-state index contributed by atoms with van der Waals surface area (Å²) in [6, 6.07) is 99.2. The predicted molar refractivity (Wildman–Crippen MR) is 302 cm³/mol. The Morgan fingerprint density at radius 2 is 0.625 bits per heavy atom. The van der Waals surface area contributed by atoms with Crippen LogP contribution in [-0.4, -0.2) is 18.7 Å². The van der Waals surface area contributed by atoms with Crippen LogP contribution in [0.15, 0.2) is 285 Å². The molecule has 0 saturated carbocycles. The van der Waals surface area contributed by atoms with Crippen LogP contribution in [0.1, 0.15) is 17.1 Å². The van der Waals surface area contributed by atoms with Crippen molar-refractivity contribution < 1.29 is 0 Å². The van der Waals surface area contributed by atoms with Crippen LogP contribution in [0.3, 0.4) is 0 Å². The van der Waals surface area contributed by atoms with Gasteiger partial charge in [0, 0.05) is 56.4 Å². The van der Waals surface area contributed by atoms with Crippen molar-refractivity contribution >= 4 is 0 Å². The largest absolute Gasteiger partial charge is 0.313 e. The monoisotopic (exact) mass is 928 g/mol. The van der Waals surface area contributed by atoms with Gasteiger partial charge in [0.1, 0.15) is 5.82 Å². The lowest BCUT2D eigenvalue weighted by Gasteiger charge is -2.14. The maximum absolute atomic E-state index is 4.99. The molecule has 0 radical (unpaired) electrons. The molecule has 0 unspecified atom stereocenters. The van der Waals surface area contributed by atoms with Gasteiger partial charge in [-0.3, -0.25) is 4.57 Å². The number of nitrogens with zero attached hydrogens (tertiary/aromatic N) is 4. The zero-order chi connectivity index (χ0) is 49.1. The zero-order valence-corrected chi connectivity index (χ0v) is 40.9. The summed E-state index contributed by atoms with van der Waals surface area (Å²) in [5, 5.41) is 0. The first-order valence-electron chi connectivity index (χ1n) is 24.6. The minimum absolute atomic E-state index is 0.971. The number of hydrogen-bond donors (Lipinski definition) is 0. The molecule has 3 heterocycles. The minimum Gasteiger partial charge on any atom is -0.313 e. The molecule has 0 fully saturated rings. The van der Waals surface area contributed by atoms with Crippen LogP contribution in [0.2, 0.25) is 0 Å². The van der Waals surface area contributed by atoms with Crippen molar-refractivity contribution in [3.05, 3.63) is 302 Å².